The lowest BCUT2D eigenvalue weighted by molar-refractivity contribution is -0.122. The number of aromatic nitrogens is 2. The Morgan fingerprint density at radius 3 is 2.82 bits per heavy atom. The summed E-state index contributed by atoms with van der Waals surface area (Å²) in [7, 11) is 1.94. The molecule has 0 spiro atoms. The lowest BCUT2D eigenvalue weighted by Gasteiger charge is -2.16. The maximum atomic E-state index is 11.9. The molecule has 22 heavy (non-hydrogen) atoms. The van der Waals surface area contributed by atoms with Crippen LogP contribution >= 0.6 is 0 Å². The fourth-order valence-corrected chi connectivity index (χ4v) is 2.37. The number of nitrogens with zero attached hydrogens (tertiary/aromatic N) is 3. The van der Waals surface area contributed by atoms with E-state index < -0.39 is 0 Å². The number of rotatable bonds is 8. The summed E-state index contributed by atoms with van der Waals surface area (Å²) in [5.41, 5.74) is 1.24. The van der Waals surface area contributed by atoms with E-state index in [1.807, 2.05) is 36.3 Å². The van der Waals surface area contributed by atoms with Gasteiger partial charge in [-0.3, -0.25) is 9.69 Å². The van der Waals surface area contributed by atoms with Crippen LogP contribution in [0.25, 0.3) is 0 Å². The molecule has 1 aromatic heterocycles. The highest BCUT2D eigenvalue weighted by molar-refractivity contribution is 5.77. The number of nitrogens with one attached hydrogen (secondary N) is 1. The van der Waals surface area contributed by atoms with Gasteiger partial charge in [-0.2, -0.15) is 0 Å². The molecular formula is C17H24N4O. The molecule has 0 atom stereocenters. The van der Waals surface area contributed by atoms with Gasteiger partial charge in [-0.1, -0.05) is 30.3 Å². The van der Waals surface area contributed by atoms with Gasteiger partial charge in [0.1, 0.15) is 5.82 Å². The molecule has 1 heterocycles. The van der Waals surface area contributed by atoms with Crippen molar-refractivity contribution in [1.29, 1.82) is 0 Å². The fourth-order valence-electron chi connectivity index (χ4n) is 2.37. The molecule has 0 aliphatic carbocycles. The van der Waals surface area contributed by atoms with E-state index in [1.54, 1.807) is 6.20 Å². The summed E-state index contributed by atoms with van der Waals surface area (Å²) in [6, 6.07) is 10.2. The number of hydrogen-bond acceptors (Lipinski definition) is 3. The first-order valence-electron chi connectivity index (χ1n) is 7.68. The lowest BCUT2D eigenvalue weighted by atomic mass is 10.1. The molecule has 0 saturated heterocycles. The Morgan fingerprint density at radius 1 is 1.32 bits per heavy atom. The molecule has 2 aromatic rings. The van der Waals surface area contributed by atoms with Crippen molar-refractivity contribution in [2.75, 3.05) is 20.1 Å². The largest absolute Gasteiger partial charge is 0.355 e. The fraction of sp³-hybridized carbons (Fsp3) is 0.412. The molecule has 1 amide bonds. The van der Waals surface area contributed by atoms with Crippen LogP contribution in [0.1, 0.15) is 18.3 Å². The summed E-state index contributed by atoms with van der Waals surface area (Å²) in [6.07, 6.45) is 4.62. The SMILES string of the molecule is CCn1ccnc1CN(C)CC(=O)NCCc1ccccc1. The molecule has 0 aliphatic rings. The quantitative estimate of drug-likeness (QED) is 0.807. The third kappa shape index (κ3) is 5.00. The first kappa shape index (κ1) is 16.2. The van der Waals surface area contributed by atoms with E-state index in [0.29, 0.717) is 19.6 Å². The second-order valence-electron chi connectivity index (χ2n) is 5.39. The standard InChI is InChI=1S/C17H24N4O/c1-3-21-12-11-18-16(21)13-20(2)14-17(22)19-10-9-15-7-5-4-6-8-15/h4-8,11-12H,3,9-10,13-14H2,1-2H3,(H,19,22). The Kier molecular flexibility index (Phi) is 6.15. The average Bonchev–Trinajstić information content (AvgIpc) is 2.95. The Balaban J connectivity index is 1.70. The zero-order valence-corrected chi connectivity index (χ0v) is 13.3. The minimum absolute atomic E-state index is 0.0491. The first-order valence-corrected chi connectivity index (χ1v) is 7.68. The summed E-state index contributed by atoms with van der Waals surface area (Å²) in [6.45, 7) is 4.70. The molecule has 0 fully saturated rings. The monoisotopic (exact) mass is 300 g/mol. The van der Waals surface area contributed by atoms with Crippen molar-refractivity contribution < 1.29 is 4.79 Å². The highest BCUT2D eigenvalue weighted by Crippen LogP contribution is 2.01. The molecule has 0 unspecified atom stereocenters. The van der Waals surface area contributed by atoms with Gasteiger partial charge in [0.25, 0.3) is 0 Å². The van der Waals surface area contributed by atoms with Crippen LogP contribution in [0, 0.1) is 0 Å². The Bertz CT molecular complexity index is 579. The minimum Gasteiger partial charge on any atom is -0.355 e. The van der Waals surface area contributed by atoms with Crippen molar-refractivity contribution in [3.63, 3.8) is 0 Å². The molecule has 1 aromatic carbocycles. The minimum atomic E-state index is 0.0491. The second kappa shape index (κ2) is 8.34. The Labute approximate surface area is 132 Å². The summed E-state index contributed by atoms with van der Waals surface area (Å²) in [5.74, 6) is 1.04. The Hall–Kier alpha value is -2.14. The zero-order chi connectivity index (χ0) is 15.8. The molecule has 5 heteroatoms. The van der Waals surface area contributed by atoms with Crippen LogP contribution in [-0.2, 0) is 24.3 Å². The van der Waals surface area contributed by atoms with Crippen LogP contribution in [0.5, 0.6) is 0 Å². The van der Waals surface area contributed by atoms with Gasteiger partial charge in [0, 0.05) is 25.5 Å². The number of carbonyl (C=O) groups excluding carboxylic acids is 1. The average molecular weight is 300 g/mol. The number of hydrogen-bond donors (Lipinski definition) is 1. The van der Waals surface area contributed by atoms with Crippen LogP contribution in [0.4, 0.5) is 0 Å². The van der Waals surface area contributed by atoms with Gasteiger partial charge in [-0.15, -0.1) is 0 Å². The van der Waals surface area contributed by atoms with Crippen LogP contribution in [0.2, 0.25) is 0 Å². The molecule has 0 bridgehead atoms. The molecule has 5 nitrogen and oxygen atoms in total. The van der Waals surface area contributed by atoms with Crippen LogP contribution < -0.4 is 5.32 Å². The van der Waals surface area contributed by atoms with E-state index in [-0.39, 0.29) is 5.91 Å². The summed E-state index contributed by atoms with van der Waals surface area (Å²) < 4.78 is 2.09. The van der Waals surface area contributed by atoms with Crippen molar-refractivity contribution in [3.05, 3.63) is 54.1 Å². The van der Waals surface area contributed by atoms with Gasteiger partial charge in [0.05, 0.1) is 13.1 Å². The van der Waals surface area contributed by atoms with Crippen molar-refractivity contribution in [1.82, 2.24) is 19.8 Å². The molecule has 0 radical (unpaired) electrons. The number of imidazole rings is 1. The van der Waals surface area contributed by atoms with Gasteiger partial charge in [-0.25, -0.2) is 4.98 Å². The van der Waals surface area contributed by atoms with Gasteiger partial charge in [0.15, 0.2) is 0 Å². The first-order chi connectivity index (χ1) is 10.7. The zero-order valence-electron chi connectivity index (χ0n) is 13.3. The number of aryl methyl sites for hydroxylation is 1. The molecule has 118 valence electrons. The molecule has 1 N–H and O–H groups in total. The van der Waals surface area contributed by atoms with E-state index in [9.17, 15) is 4.79 Å². The normalized spacial score (nSPS) is 10.9. The molecular weight excluding hydrogens is 276 g/mol. The number of amides is 1. The van der Waals surface area contributed by atoms with Crippen molar-refractivity contribution in [2.24, 2.45) is 0 Å². The van der Waals surface area contributed by atoms with Crippen molar-refractivity contribution in [2.45, 2.75) is 26.4 Å². The number of benzene rings is 1. The van der Waals surface area contributed by atoms with Gasteiger partial charge < -0.3 is 9.88 Å². The smallest absolute Gasteiger partial charge is 0.234 e. The van der Waals surface area contributed by atoms with E-state index in [2.05, 4.69) is 33.9 Å². The predicted molar refractivity (Wildman–Crippen MR) is 87.4 cm³/mol. The Morgan fingerprint density at radius 2 is 2.09 bits per heavy atom. The highest BCUT2D eigenvalue weighted by atomic mass is 16.2. The van der Waals surface area contributed by atoms with Gasteiger partial charge >= 0.3 is 0 Å². The van der Waals surface area contributed by atoms with E-state index in [1.165, 1.54) is 5.56 Å². The number of likely N-dealkylation sites (N-methyl/N-ethyl adjacent to an activating group) is 1. The van der Waals surface area contributed by atoms with Crippen molar-refractivity contribution >= 4 is 5.91 Å². The van der Waals surface area contributed by atoms with Crippen LogP contribution in [0.3, 0.4) is 0 Å². The van der Waals surface area contributed by atoms with Gasteiger partial charge in [0.2, 0.25) is 5.91 Å². The third-order valence-corrected chi connectivity index (χ3v) is 3.55. The van der Waals surface area contributed by atoms with Crippen molar-refractivity contribution in [3.8, 4) is 0 Å². The predicted octanol–water partition coefficient (Wildman–Crippen LogP) is 1.69. The van der Waals surface area contributed by atoms with Crippen LogP contribution in [0.15, 0.2) is 42.7 Å². The summed E-state index contributed by atoms with van der Waals surface area (Å²) in [4.78, 5) is 18.3. The molecule has 0 aliphatic heterocycles. The van der Waals surface area contributed by atoms with E-state index in [4.69, 9.17) is 0 Å². The van der Waals surface area contributed by atoms with E-state index in [0.717, 1.165) is 18.8 Å². The summed E-state index contributed by atoms with van der Waals surface area (Å²) >= 11 is 0. The maximum Gasteiger partial charge on any atom is 0.234 e. The third-order valence-electron chi connectivity index (χ3n) is 3.55. The van der Waals surface area contributed by atoms with Gasteiger partial charge in [-0.05, 0) is 26.0 Å². The number of carbonyl (C=O) groups is 1. The second-order valence-corrected chi connectivity index (χ2v) is 5.39. The highest BCUT2D eigenvalue weighted by Gasteiger charge is 2.09. The summed E-state index contributed by atoms with van der Waals surface area (Å²) in [5, 5.41) is 2.96. The van der Waals surface area contributed by atoms with E-state index >= 15 is 0 Å². The maximum absolute atomic E-state index is 11.9. The lowest BCUT2D eigenvalue weighted by Crippen LogP contribution is -2.36. The van der Waals surface area contributed by atoms with Crippen LogP contribution in [-0.4, -0.2) is 40.5 Å². The topological polar surface area (TPSA) is 50.2 Å². The molecule has 0 saturated carbocycles. The molecule has 2 rings (SSSR count).